The van der Waals surface area contributed by atoms with Gasteiger partial charge in [0.05, 0.1) is 23.8 Å². The average Bonchev–Trinajstić information content (AvgIpc) is 3.31. The van der Waals surface area contributed by atoms with Crippen LogP contribution in [0.1, 0.15) is 30.9 Å². The van der Waals surface area contributed by atoms with Crippen molar-refractivity contribution in [3.05, 3.63) is 54.4 Å². The number of anilines is 2. The highest BCUT2D eigenvalue weighted by atomic mass is 19.3. The molecule has 1 aromatic heterocycles. The molecule has 0 spiro atoms. The number of aromatic nitrogens is 2. The Morgan fingerprint density at radius 3 is 2.43 bits per heavy atom. The van der Waals surface area contributed by atoms with E-state index in [1.54, 1.807) is 18.5 Å². The van der Waals surface area contributed by atoms with Gasteiger partial charge in [-0.1, -0.05) is 12.1 Å². The molecule has 0 aliphatic carbocycles. The summed E-state index contributed by atoms with van der Waals surface area (Å²) in [5, 5.41) is 0. The lowest BCUT2D eigenvalue weighted by atomic mass is 10.0. The average molecular weight is 410 g/mol. The minimum Gasteiger partial charge on any atom is -0.371 e. The number of alkyl halides is 2. The number of ketones is 1. The summed E-state index contributed by atoms with van der Waals surface area (Å²) in [6.07, 6.45) is 1.12. The largest absolute Gasteiger partial charge is 0.371 e. The summed E-state index contributed by atoms with van der Waals surface area (Å²) >= 11 is 0. The molecule has 6 nitrogen and oxygen atoms in total. The molecule has 5 rings (SSSR count). The van der Waals surface area contributed by atoms with Crippen molar-refractivity contribution in [2.24, 2.45) is 0 Å². The van der Waals surface area contributed by atoms with Crippen LogP contribution in [0.4, 0.5) is 20.2 Å². The van der Waals surface area contributed by atoms with Gasteiger partial charge in [0.25, 0.3) is 5.92 Å². The number of hydrogen-bond donors (Lipinski definition) is 1. The number of rotatable bonds is 3. The molecule has 1 unspecified atom stereocenters. The van der Waals surface area contributed by atoms with E-state index in [1.807, 2.05) is 35.2 Å². The van der Waals surface area contributed by atoms with E-state index < -0.39 is 12.0 Å². The third-order valence-electron chi connectivity index (χ3n) is 5.91. The second-order valence-corrected chi connectivity index (χ2v) is 7.85. The van der Waals surface area contributed by atoms with Crippen LogP contribution >= 0.6 is 0 Å². The molecule has 0 saturated carbocycles. The zero-order chi connectivity index (χ0) is 20.9. The molecular formula is C22H20F2N4O2. The van der Waals surface area contributed by atoms with Crippen molar-refractivity contribution in [1.82, 2.24) is 9.97 Å². The fourth-order valence-electron chi connectivity index (χ4n) is 4.28. The molecule has 2 aliphatic heterocycles. The lowest BCUT2D eigenvalue weighted by Crippen LogP contribution is -2.39. The standard InChI is InChI=1S/C22H20F2N4O2/c23-22(24)7-9-27(10-8-22)15-3-1-14(2-4-15)21-19(29)12-20(30)28(21)16-5-6-17-18(11-16)26-13-25-17/h1-6,11,13,21H,7-10,12H2,(H,25,26). The summed E-state index contributed by atoms with van der Waals surface area (Å²) in [6.45, 7) is 0.589. The molecule has 0 bridgehead atoms. The van der Waals surface area contributed by atoms with Gasteiger partial charge in [-0.05, 0) is 35.9 Å². The normalized spacial score (nSPS) is 21.6. The van der Waals surface area contributed by atoms with Crippen molar-refractivity contribution in [3.63, 3.8) is 0 Å². The summed E-state index contributed by atoms with van der Waals surface area (Å²) in [5.41, 5.74) is 3.74. The maximum atomic E-state index is 13.4. The molecule has 1 amide bonds. The van der Waals surface area contributed by atoms with Crippen LogP contribution in [0.5, 0.6) is 0 Å². The molecule has 0 radical (unpaired) electrons. The van der Waals surface area contributed by atoms with Gasteiger partial charge in [-0.3, -0.25) is 14.5 Å². The number of piperidine rings is 1. The predicted molar refractivity (Wildman–Crippen MR) is 109 cm³/mol. The number of imidazole rings is 1. The summed E-state index contributed by atoms with van der Waals surface area (Å²) in [7, 11) is 0. The Labute approximate surface area is 171 Å². The smallest absolute Gasteiger partial charge is 0.251 e. The van der Waals surface area contributed by atoms with E-state index in [4.69, 9.17) is 0 Å². The van der Waals surface area contributed by atoms with Crippen molar-refractivity contribution in [1.29, 1.82) is 0 Å². The van der Waals surface area contributed by atoms with Crippen molar-refractivity contribution < 1.29 is 18.4 Å². The Morgan fingerprint density at radius 2 is 1.70 bits per heavy atom. The van der Waals surface area contributed by atoms with E-state index in [0.29, 0.717) is 24.3 Å². The zero-order valence-electron chi connectivity index (χ0n) is 16.1. The maximum absolute atomic E-state index is 13.4. The van der Waals surface area contributed by atoms with Crippen molar-refractivity contribution in [2.45, 2.75) is 31.2 Å². The minimum absolute atomic E-state index is 0.147. The number of hydrogen-bond acceptors (Lipinski definition) is 4. The number of nitrogens with zero attached hydrogens (tertiary/aromatic N) is 3. The number of amides is 1. The van der Waals surface area contributed by atoms with Gasteiger partial charge in [0.1, 0.15) is 6.04 Å². The minimum atomic E-state index is -2.59. The van der Waals surface area contributed by atoms with E-state index in [2.05, 4.69) is 9.97 Å². The van der Waals surface area contributed by atoms with Gasteiger partial charge in [-0.15, -0.1) is 0 Å². The molecule has 30 heavy (non-hydrogen) atoms. The number of benzene rings is 2. The summed E-state index contributed by atoms with van der Waals surface area (Å²) in [6, 6.07) is 12.0. The van der Waals surface area contributed by atoms with Gasteiger partial charge in [0, 0.05) is 37.3 Å². The molecule has 2 fully saturated rings. The van der Waals surface area contributed by atoms with Crippen LogP contribution in [0.15, 0.2) is 48.8 Å². The van der Waals surface area contributed by atoms with Gasteiger partial charge < -0.3 is 9.88 Å². The molecule has 8 heteroatoms. The highest BCUT2D eigenvalue weighted by Gasteiger charge is 2.40. The molecule has 1 atom stereocenters. The van der Waals surface area contributed by atoms with E-state index in [0.717, 1.165) is 16.7 Å². The van der Waals surface area contributed by atoms with Crippen LogP contribution in [0, 0.1) is 0 Å². The molecule has 154 valence electrons. The SMILES string of the molecule is O=C1CC(=O)N(c2ccc3[nH]cnc3c2)C1c1ccc(N2CCC(F)(F)CC2)cc1. The van der Waals surface area contributed by atoms with Gasteiger partial charge in [0.2, 0.25) is 5.91 Å². The van der Waals surface area contributed by atoms with Crippen LogP contribution in [0.3, 0.4) is 0 Å². The molecule has 3 aromatic rings. The quantitative estimate of drug-likeness (QED) is 0.666. The molecule has 3 heterocycles. The third kappa shape index (κ3) is 3.22. The van der Waals surface area contributed by atoms with Gasteiger partial charge >= 0.3 is 0 Å². The fourth-order valence-corrected chi connectivity index (χ4v) is 4.28. The number of carbonyl (C=O) groups excluding carboxylic acids is 2. The Balaban J connectivity index is 1.42. The Bertz CT molecular complexity index is 1120. The number of carbonyl (C=O) groups is 2. The lowest BCUT2D eigenvalue weighted by molar-refractivity contribution is -0.121. The fraction of sp³-hybridized carbons (Fsp3) is 0.318. The highest BCUT2D eigenvalue weighted by molar-refractivity contribution is 6.17. The van der Waals surface area contributed by atoms with Gasteiger partial charge in [0.15, 0.2) is 5.78 Å². The van der Waals surface area contributed by atoms with Crippen molar-refractivity contribution in [3.8, 4) is 0 Å². The van der Waals surface area contributed by atoms with E-state index >= 15 is 0 Å². The highest BCUT2D eigenvalue weighted by Crippen LogP contribution is 2.37. The number of fused-ring (bicyclic) bond motifs is 1. The second kappa shape index (κ2) is 6.90. The molecular weight excluding hydrogens is 390 g/mol. The van der Waals surface area contributed by atoms with Crippen LogP contribution in [0.25, 0.3) is 11.0 Å². The van der Waals surface area contributed by atoms with Crippen LogP contribution in [-0.2, 0) is 9.59 Å². The summed E-state index contributed by atoms with van der Waals surface area (Å²) in [5.74, 6) is -3.00. The Morgan fingerprint density at radius 1 is 1.00 bits per heavy atom. The van der Waals surface area contributed by atoms with E-state index in [9.17, 15) is 18.4 Å². The topological polar surface area (TPSA) is 69.3 Å². The van der Waals surface area contributed by atoms with Gasteiger partial charge in [-0.2, -0.15) is 0 Å². The van der Waals surface area contributed by atoms with Crippen molar-refractivity contribution in [2.75, 3.05) is 22.9 Å². The first kappa shape index (κ1) is 18.7. The Hall–Kier alpha value is -3.29. The van der Waals surface area contributed by atoms with Crippen LogP contribution in [0.2, 0.25) is 0 Å². The summed E-state index contributed by atoms with van der Waals surface area (Å²) in [4.78, 5) is 36.0. The number of aromatic amines is 1. The maximum Gasteiger partial charge on any atom is 0.251 e. The predicted octanol–water partition coefficient (Wildman–Crippen LogP) is 3.85. The third-order valence-corrected chi connectivity index (χ3v) is 5.91. The van der Waals surface area contributed by atoms with Gasteiger partial charge in [-0.25, -0.2) is 13.8 Å². The van der Waals surface area contributed by atoms with E-state index in [-0.39, 0.29) is 31.0 Å². The van der Waals surface area contributed by atoms with Crippen molar-refractivity contribution >= 4 is 34.1 Å². The number of Topliss-reactive ketones (excluding diaryl/α,β-unsaturated/α-hetero) is 1. The molecule has 1 N–H and O–H groups in total. The summed E-state index contributed by atoms with van der Waals surface area (Å²) < 4.78 is 26.8. The number of halogens is 2. The molecule has 2 saturated heterocycles. The zero-order valence-corrected chi connectivity index (χ0v) is 16.1. The first-order valence-corrected chi connectivity index (χ1v) is 9.92. The van der Waals surface area contributed by atoms with E-state index in [1.165, 1.54) is 4.90 Å². The monoisotopic (exact) mass is 410 g/mol. The van der Waals surface area contributed by atoms with Crippen LogP contribution < -0.4 is 9.80 Å². The first-order chi connectivity index (χ1) is 14.4. The molecule has 2 aromatic carbocycles. The first-order valence-electron chi connectivity index (χ1n) is 9.92. The lowest BCUT2D eigenvalue weighted by Gasteiger charge is -2.33. The molecule has 2 aliphatic rings. The number of H-pyrrole nitrogens is 1. The number of nitrogens with one attached hydrogen (secondary N) is 1. The Kier molecular flexibility index (Phi) is 4.30. The second-order valence-electron chi connectivity index (χ2n) is 7.85. The van der Waals surface area contributed by atoms with Crippen LogP contribution in [-0.4, -0.2) is 40.7 Å².